The van der Waals surface area contributed by atoms with Gasteiger partial charge in [-0.1, -0.05) is 59.4 Å². The lowest BCUT2D eigenvalue weighted by Crippen LogP contribution is -2.19. The van der Waals surface area contributed by atoms with Gasteiger partial charge in [0.05, 0.1) is 0 Å². The van der Waals surface area contributed by atoms with Gasteiger partial charge in [-0.2, -0.15) is 0 Å². The predicted octanol–water partition coefficient (Wildman–Crippen LogP) is 9.29. The van der Waals surface area contributed by atoms with Crippen LogP contribution in [0, 0.1) is 23.7 Å². The molecule has 0 fully saturated rings. The fraction of sp³-hybridized carbons (Fsp3) is 0.600. The Kier molecular flexibility index (Phi) is 9.04. The maximum atomic E-state index is 4.12. The fourth-order valence-electron chi connectivity index (χ4n) is 6.18. The molecule has 4 atom stereocenters. The monoisotopic (exact) mass is 404 g/mol. The third-order valence-corrected chi connectivity index (χ3v) is 8.15. The summed E-state index contributed by atoms with van der Waals surface area (Å²) in [5, 5.41) is 0. The first kappa shape index (κ1) is 23.1. The van der Waals surface area contributed by atoms with Crippen LogP contribution in [0.1, 0.15) is 89.9 Å². The van der Waals surface area contributed by atoms with E-state index in [0.717, 1.165) is 0 Å². The van der Waals surface area contributed by atoms with E-state index in [-0.39, 0.29) is 0 Å². The van der Waals surface area contributed by atoms with E-state index in [2.05, 4.69) is 50.6 Å². The normalized spacial score (nSPS) is 31.7. The largest absolute Gasteiger partial charge is 0.103 e. The molecule has 3 aliphatic carbocycles. The van der Waals surface area contributed by atoms with Crippen molar-refractivity contribution >= 4 is 0 Å². The van der Waals surface area contributed by atoms with E-state index >= 15 is 0 Å². The van der Waals surface area contributed by atoms with Crippen molar-refractivity contribution in [2.45, 2.75) is 89.9 Å². The van der Waals surface area contributed by atoms with Crippen LogP contribution in [0.15, 0.2) is 72.9 Å². The molecule has 0 bridgehead atoms. The molecule has 0 aromatic carbocycles. The maximum absolute atomic E-state index is 4.12. The minimum Gasteiger partial charge on any atom is -0.103 e. The van der Waals surface area contributed by atoms with E-state index in [4.69, 9.17) is 0 Å². The van der Waals surface area contributed by atoms with Crippen molar-refractivity contribution in [3.8, 4) is 0 Å². The minimum absolute atomic E-state index is 0.601. The highest BCUT2D eigenvalue weighted by molar-refractivity contribution is 5.24. The summed E-state index contributed by atoms with van der Waals surface area (Å²) in [6.45, 7) is 16.5. The zero-order valence-electron chi connectivity index (χ0n) is 19.3. The second-order valence-electron chi connectivity index (χ2n) is 9.95. The first-order chi connectivity index (χ1) is 14.7. The first-order valence-corrected chi connectivity index (χ1v) is 12.6. The topological polar surface area (TPSA) is 0 Å². The van der Waals surface area contributed by atoms with Gasteiger partial charge in [-0.15, -0.1) is 26.3 Å². The average molecular weight is 405 g/mol. The Balaban J connectivity index is 1.68. The van der Waals surface area contributed by atoms with E-state index in [1.165, 1.54) is 89.9 Å². The lowest BCUT2D eigenvalue weighted by molar-refractivity contribution is 0.410. The fourth-order valence-corrected chi connectivity index (χ4v) is 6.18. The van der Waals surface area contributed by atoms with Gasteiger partial charge in [0.25, 0.3) is 0 Å². The highest BCUT2D eigenvalue weighted by atomic mass is 14.3. The molecule has 164 valence electrons. The molecule has 0 N–H and O–H groups in total. The van der Waals surface area contributed by atoms with Crippen molar-refractivity contribution in [1.29, 1.82) is 0 Å². The minimum atomic E-state index is 0.601. The molecule has 0 spiro atoms. The van der Waals surface area contributed by atoms with Crippen LogP contribution >= 0.6 is 0 Å². The smallest absolute Gasteiger partial charge is 0.0133 e. The van der Waals surface area contributed by atoms with Gasteiger partial charge in [0.2, 0.25) is 0 Å². The number of allylic oxidation sites excluding steroid dienone is 8. The van der Waals surface area contributed by atoms with Crippen molar-refractivity contribution in [2.24, 2.45) is 23.7 Å². The highest BCUT2D eigenvalue weighted by Gasteiger charge is 2.27. The average Bonchev–Trinajstić information content (AvgIpc) is 2.78. The third-order valence-electron chi connectivity index (χ3n) is 8.15. The summed E-state index contributed by atoms with van der Waals surface area (Å²) in [7, 11) is 0. The summed E-state index contributed by atoms with van der Waals surface area (Å²) in [6, 6.07) is 0. The van der Waals surface area contributed by atoms with E-state index in [9.17, 15) is 0 Å². The van der Waals surface area contributed by atoms with E-state index in [1.54, 1.807) is 22.3 Å². The van der Waals surface area contributed by atoms with Crippen LogP contribution in [-0.4, -0.2) is 0 Å². The Morgan fingerprint density at radius 1 is 0.400 bits per heavy atom. The van der Waals surface area contributed by atoms with Crippen molar-refractivity contribution < 1.29 is 0 Å². The van der Waals surface area contributed by atoms with Crippen molar-refractivity contribution in [2.75, 3.05) is 0 Å². The molecule has 0 heterocycles. The molecule has 0 heteroatoms. The molecule has 0 aliphatic heterocycles. The lowest BCUT2D eigenvalue weighted by atomic mass is 9.72. The molecule has 0 aromatic rings. The third kappa shape index (κ3) is 5.77. The van der Waals surface area contributed by atoms with Gasteiger partial charge in [-0.3, -0.25) is 0 Å². The van der Waals surface area contributed by atoms with Gasteiger partial charge < -0.3 is 0 Å². The molecule has 3 rings (SSSR count). The molecule has 0 radical (unpaired) electrons. The number of hydrogen-bond donors (Lipinski definition) is 0. The van der Waals surface area contributed by atoms with Gasteiger partial charge in [0, 0.05) is 0 Å². The van der Waals surface area contributed by atoms with E-state index in [0.29, 0.717) is 23.7 Å². The zero-order valence-corrected chi connectivity index (χ0v) is 19.3. The van der Waals surface area contributed by atoms with Gasteiger partial charge in [-0.05, 0) is 101 Å². The lowest BCUT2D eigenvalue weighted by Gasteiger charge is -2.33. The molecule has 3 aliphatic rings. The molecule has 0 nitrogen and oxygen atoms in total. The highest BCUT2D eigenvalue weighted by Crippen LogP contribution is 2.42. The second kappa shape index (κ2) is 11.7. The van der Waals surface area contributed by atoms with Crippen LogP contribution in [0.3, 0.4) is 0 Å². The summed E-state index contributed by atoms with van der Waals surface area (Å²) in [5.41, 5.74) is 7.09. The summed E-state index contributed by atoms with van der Waals surface area (Å²) in [5.74, 6) is 2.40. The van der Waals surface area contributed by atoms with Crippen LogP contribution in [0.5, 0.6) is 0 Å². The Morgan fingerprint density at radius 2 is 0.633 bits per heavy atom. The molecule has 0 saturated carbocycles. The standard InChI is InChI=1S/C30H44/c1-5-23-19-27-15-11-9-13-17-29-21-25(7-3)26(8-4)22-30(29)18-14-10-12-16-28(27)20-24(23)6-2/h5-8,23-26H,1-4,9-22H2. The number of hydrogen-bond acceptors (Lipinski definition) is 0. The summed E-state index contributed by atoms with van der Waals surface area (Å²) >= 11 is 0. The second-order valence-corrected chi connectivity index (χ2v) is 9.95. The molecule has 0 saturated heterocycles. The molecule has 4 unspecified atom stereocenters. The van der Waals surface area contributed by atoms with Crippen LogP contribution in [0.2, 0.25) is 0 Å². The Labute approximate surface area is 186 Å². The van der Waals surface area contributed by atoms with Crippen LogP contribution < -0.4 is 0 Å². The Bertz CT molecular complexity index is 569. The van der Waals surface area contributed by atoms with Gasteiger partial charge in [0.1, 0.15) is 0 Å². The predicted molar refractivity (Wildman–Crippen MR) is 133 cm³/mol. The van der Waals surface area contributed by atoms with Crippen molar-refractivity contribution in [3.63, 3.8) is 0 Å². The van der Waals surface area contributed by atoms with Gasteiger partial charge >= 0.3 is 0 Å². The van der Waals surface area contributed by atoms with Gasteiger partial charge in [0.15, 0.2) is 0 Å². The van der Waals surface area contributed by atoms with Gasteiger partial charge in [-0.25, -0.2) is 0 Å². The Morgan fingerprint density at radius 3 is 0.833 bits per heavy atom. The van der Waals surface area contributed by atoms with E-state index < -0.39 is 0 Å². The molecule has 0 amide bonds. The first-order valence-electron chi connectivity index (χ1n) is 12.6. The summed E-state index contributed by atoms with van der Waals surface area (Å²) in [4.78, 5) is 0. The summed E-state index contributed by atoms with van der Waals surface area (Å²) < 4.78 is 0. The van der Waals surface area contributed by atoms with Crippen molar-refractivity contribution in [1.82, 2.24) is 0 Å². The maximum Gasteiger partial charge on any atom is -0.0133 e. The molecular formula is C30H44. The van der Waals surface area contributed by atoms with Crippen molar-refractivity contribution in [3.05, 3.63) is 72.9 Å². The Hall–Kier alpha value is -1.56. The van der Waals surface area contributed by atoms with E-state index in [1.807, 2.05) is 0 Å². The summed E-state index contributed by atoms with van der Waals surface area (Å²) in [6.07, 6.45) is 27.0. The molecule has 30 heavy (non-hydrogen) atoms. The molecule has 0 aromatic heterocycles. The van der Waals surface area contributed by atoms with Crippen LogP contribution in [0.25, 0.3) is 0 Å². The zero-order chi connectivity index (χ0) is 21.3. The SMILES string of the molecule is C=CC1CC2=C(CCCCCC3=C(CCCCC2)CC(C=C)C(C=C)C3)CC1C=C. The van der Waals surface area contributed by atoms with Crippen LogP contribution in [0.4, 0.5) is 0 Å². The molecular weight excluding hydrogens is 360 g/mol. The van der Waals surface area contributed by atoms with Crippen LogP contribution in [-0.2, 0) is 0 Å². The number of rotatable bonds is 4. The quantitative estimate of drug-likeness (QED) is 0.409.